The summed E-state index contributed by atoms with van der Waals surface area (Å²) in [6, 6.07) is 7.76. The van der Waals surface area contributed by atoms with Gasteiger partial charge in [0.2, 0.25) is 0 Å². The van der Waals surface area contributed by atoms with Gasteiger partial charge in [-0.25, -0.2) is 19.0 Å². The van der Waals surface area contributed by atoms with Crippen molar-refractivity contribution in [3.05, 3.63) is 54.9 Å². The van der Waals surface area contributed by atoms with Gasteiger partial charge in [0.1, 0.15) is 12.4 Å². The van der Waals surface area contributed by atoms with Gasteiger partial charge < -0.3 is 34.9 Å². The molecule has 4 heterocycles. The molecule has 3 aromatic heterocycles. The molecule has 40 heavy (non-hydrogen) atoms. The third kappa shape index (κ3) is 6.15. The van der Waals surface area contributed by atoms with E-state index >= 15 is 0 Å². The number of anilines is 1. The Bertz CT molecular complexity index is 1530. The van der Waals surface area contributed by atoms with Crippen LogP contribution in [0.4, 0.5) is 19.7 Å². The lowest BCUT2D eigenvalue weighted by Crippen LogP contribution is -2.46. The number of imidazole rings is 1. The molecule has 2 aliphatic rings. The highest BCUT2D eigenvalue weighted by molar-refractivity contribution is 7.22. The van der Waals surface area contributed by atoms with E-state index in [0.29, 0.717) is 36.6 Å². The van der Waals surface area contributed by atoms with Crippen molar-refractivity contribution in [2.45, 2.75) is 25.4 Å². The molecule has 0 atom stereocenters. The number of thiophene rings is 1. The van der Waals surface area contributed by atoms with Gasteiger partial charge in [-0.2, -0.15) is 0 Å². The summed E-state index contributed by atoms with van der Waals surface area (Å²) in [5.41, 5.74) is 1.79. The van der Waals surface area contributed by atoms with Gasteiger partial charge in [-0.1, -0.05) is 0 Å². The Kier molecular flexibility index (Phi) is 7.47. The van der Waals surface area contributed by atoms with Crippen molar-refractivity contribution < 1.29 is 23.5 Å². The maximum absolute atomic E-state index is 14.8. The summed E-state index contributed by atoms with van der Waals surface area (Å²) in [6.07, 6.45) is 6.82. The Morgan fingerprint density at radius 1 is 1.12 bits per heavy atom. The molecule has 4 aromatic rings. The number of carbonyl (C=O) groups is 2. The van der Waals surface area contributed by atoms with Gasteiger partial charge in [-0.3, -0.25) is 4.98 Å². The molecule has 11 nitrogen and oxygen atoms in total. The van der Waals surface area contributed by atoms with Crippen molar-refractivity contribution >= 4 is 39.4 Å². The van der Waals surface area contributed by atoms with Crippen LogP contribution < -0.4 is 20.7 Å². The highest BCUT2D eigenvalue weighted by Crippen LogP contribution is 2.39. The van der Waals surface area contributed by atoms with Crippen LogP contribution >= 0.6 is 11.3 Å². The van der Waals surface area contributed by atoms with Crippen molar-refractivity contribution in [2.75, 3.05) is 38.1 Å². The van der Waals surface area contributed by atoms with Gasteiger partial charge in [-0.15, -0.1) is 11.3 Å². The number of aromatic nitrogens is 3. The molecular weight excluding hydrogens is 537 g/mol. The first-order valence-corrected chi connectivity index (χ1v) is 13.9. The van der Waals surface area contributed by atoms with Crippen molar-refractivity contribution in [3.63, 3.8) is 0 Å². The molecule has 0 unspecified atom stereocenters. The molecule has 1 aliphatic carbocycles. The van der Waals surface area contributed by atoms with E-state index in [0.717, 1.165) is 41.2 Å². The molecule has 6 rings (SSSR count). The zero-order valence-corrected chi connectivity index (χ0v) is 22.4. The van der Waals surface area contributed by atoms with Crippen molar-refractivity contribution in [2.24, 2.45) is 0 Å². The number of nitrogens with one attached hydrogen (secondary N) is 3. The number of amides is 3. The van der Waals surface area contributed by atoms with Gasteiger partial charge >= 0.3 is 12.1 Å². The summed E-state index contributed by atoms with van der Waals surface area (Å²) in [6.45, 7) is 3.57. The second-order valence-electron chi connectivity index (χ2n) is 9.60. The lowest BCUT2D eigenvalue weighted by Gasteiger charge is -2.26. The van der Waals surface area contributed by atoms with Crippen molar-refractivity contribution in [1.29, 1.82) is 0 Å². The van der Waals surface area contributed by atoms with Crippen LogP contribution in [-0.2, 0) is 11.3 Å². The van der Waals surface area contributed by atoms with Crippen LogP contribution in [0.3, 0.4) is 0 Å². The van der Waals surface area contributed by atoms with Crippen LogP contribution in [0.2, 0.25) is 0 Å². The van der Waals surface area contributed by atoms with Gasteiger partial charge in [0.25, 0.3) is 0 Å². The molecule has 1 aliphatic heterocycles. The lowest BCUT2D eigenvalue weighted by atomic mass is 10.3. The van der Waals surface area contributed by atoms with Crippen LogP contribution in [0.15, 0.2) is 49.1 Å². The van der Waals surface area contributed by atoms with E-state index in [1.54, 1.807) is 29.6 Å². The quantitative estimate of drug-likeness (QED) is 0.289. The summed E-state index contributed by atoms with van der Waals surface area (Å²) < 4.78 is 28.8. The van der Waals surface area contributed by atoms with Crippen LogP contribution in [0.5, 0.6) is 11.5 Å². The number of piperazine rings is 1. The molecule has 2 fully saturated rings. The van der Waals surface area contributed by atoms with Crippen molar-refractivity contribution in [3.8, 4) is 22.1 Å². The standard InChI is InChI=1S/C27H28FN7O4S/c28-19-13-18(33-26(36)32-17-1-2-17)3-4-22(19)39-23-5-6-30-20-14-24(40-25(20)23)21-15-34(16-31-21)11-12-38-27(37)35-9-7-29-8-10-35/h3-6,13-17,29H,1-2,7-12H2,(H2,32,33,36). The number of hydrogen-bond donors (Lipinski definition) is 3. The first kappa shape index (κ1) is 26.0. The Morgan fingerprint density at radius 3 is 2.77 bits per heavy atom. The molecule has 208 valence electrons. The molecule has 1 saturated heterocycles. The molecule has 13 heteroatoms. The van der Waals surface area contributed by atoms with E-state index < -0.39 is 5.82 Å². The second-order valence-corrected chi connectivity index (χ2v) is 10.7. The summed E-state index contributed by atoms with van der Waals surface area (Å²) in [4.78, 5) is 35.6. The minimum absolute atomic E-state index is 0.0373. The number of carbonyl (C=O) groups excluding carboxylic acids is 2. The van der Waals surface area contributed by atoms with Gasteiger partial charge in [0.05, 0.1) is 33.7 Å². The van der Waals surface area contributed by atoms with Gasteiger partial charge in [0, 0.05) is 62.4 Å². The minimum Gasteiger partial charge on any atom is -0.453 e. The maximum Gasteiger partial charge on any atom is 0.409 e. The van der Waals surface area contributed by atoms with E-state index in [4.69, 9.17) is 9.47 Å². The fourth-order valence-corrected chi connectivity index (χ4v) is 5.30. The Hall–Kier alpha value is -4.23. The molecule has 0 radical (unpaired) electrons. The number of benzene rings is 1. The predicted molar refractivity (Wildman–Crippen MR) is 148 cm³/mol. The molecular formula is C27H28FN7O4S. The predicted octanol–water partition coefficient (Wildman–Crippen LogP) is 4.42. The zero-order chi connectivity index (χ0) is 27.5. The number of ether oxygens (including phenoxy) is 2. The van der Waals surface area contributed by atoms with Gasteiger partial charge in [0.15, 0.2) is 11.6 Å². The third-order valence-electron chi connectivity index (χ3n) is 6.53. The average Bonchev–Trinajstić information content (AvgIpc) is 3.45. The molecule has 3 N–H and O–H groups in total. The van der Waals surface area contributed by atoms with E-state index in [1.165, 1.54) is 23.5 Å². The lowest BCUT2D eigenvalue weighted by molar-refractivity contribution is 0.0946. The Labute approximate surface area is 233 Å². The molecule has 3 amide bonds. The summed E-state index contributed by atoms with van der Waals surface area (Å²) >= 11 is 1.44. The SMILES string of the molecule is O=C(Nc1ccc(Oc2ccnc3cc(-c4cn(CCOC(=O)N5CCNCC5)cn4)sc23)c(F)c1)NC1CC1. The highest BCUT2D eigenvalue weighted by Gasteiger charge is 2.23. The number of nitrogens with zero attached hydrogens (tertiary/aromatic N) is 4. The minimum atomic E-state index is -0.595. The third-order valence-corrected chi connectivity index (χ3v) is 7.70. The smallest absolute Gasteiger partial charge is 0.409 e. The number of fused-ring (bicyclic) bond motifs is 1. The van der Waals surface area contributed by atoms with E-state index in [1.807, 2.05) is 16.8 Å². The van der Waals surface area contributed by atoms with Crippen LogP contribution in [0, 0.1) is 5.82 Å². The van der Waals surface area contributed by atoms with Crippen LogP contribution in [-0.4, -0.2) is 70.4 Å². The average molecular weight is 566 g/mol. The van der Waals surface area contributed by atoms with Crippen LogP contribution in [0.1, 0.15) is 12.8 Å². The number of urea groups is 1. The topological polar surface area (TPSA) is 123 Å². The Balaban J connectivity index is 1.10. The normalized spacial score (nSPS) is 15.2. The van der Waals surface area contributed by atoms with E-state index in [-0.39, 0.29) is 30.5 Å². The molecule has 1 aromatic carbocycles. The van der Waals surface area contributed by atoms with Crippen LogP contribution in [0.25, 0.3) is 20.8 Å². The molecule has 1 saturated carbocycles. The first-order chi connectivity index (χ1) is 19.5. The fraction of sp³-hybridized carbons (Fsp3) is 0.333. The van der Waals surface area contributed by atoms with E-state index in [9.17, 15) is 14.0 Å². The number of halogens is 1. The number of pyridine rings is 1. The Morgan fingerprint density at radius 2 is 1.98 bits per heavy atom. The summed E-state index contributed by atoms with van der Waals surface area (Å²) in [7, 11) is 0. The van der Waals surface area contributed by atoms with Gasteiger partial charge in [-0.05, 0) is 31.0 Å². The number of hydrogen-bond acceptors (Lipinski definition) is 8. The summed E-state index contributed by atoms with van der Waals surface area (Å²) in [5, 5.41) is 8.65. The second kappa shape index (κ2) is 11.5. The molecule has 0 bridgehead atoms. The zero-order valence-electron chi connectivity index (χ0n) is 21.6. The first-order valence-electron chi connectivity index (χ1n) is 13.1. The summed E-state index contributed by atoms with van der Waals surface area (Å²) in [5.74, 6) is -0.0933. The molecule has 0 spiro atoms. The van der Waals surface area contributed by atoms with E-state index in [2.05, 4.69) is 25.9 Å². The monoisotopic (exact) mass is 565 g/mol. The van der Waals surface area contributed by atoms with Crippen molar-refractivity contribution in [1.82, 2.24) is 30.1 Å². The maximum atomic E-state index is 14.8. The largest absolute Gasteiger partial charge is 0.453 e. The number of rotatable bonds is 8. The fourth-order valence-electron chi connectivity index (χ4n) is 4.27. The highest BCUT2D eigenvalue weighted by atomic mass is 32.1.